The summed E-state index contributed by atoms with van der Waals surface area (Å²) in [5.74, 6) is 0. The van der Waals surface area contributed by atoms with E-state index in [0.717, 1.165) is 4.42 Å². The van der Waals surface area contributed by atoms with E-state index in [4.69, 9.17) is 11.8 Å². The maximum Gasteiger partial charge on any atom is 0.337 e. The Morgan fingerprint density at radius 1 is 1.43 bits per heavy atom. The van der Waals surface area contributed by atoms with Gasteiger partial charge in [-0.05, 0) is 12.1 Å². The van der Waals surface area contributed by atoms with Crippen LogP contribution in [0.25, 0.3) is 0 Å². The minimum absolute atomic E-state index is 0.0467. The number of amides is 2. The molecular weight excluding hydrogens is 204 g/mol. The zero-order valence-electron chi connectivity index (χ0n) is 7.31. The fourth-order valence-corrected chi connectivity index (χ4v) is 1.05. The quantitative estimate of drug-likeness (QED) is 0.611. The lowest BCUT2D eigenvalue weighted by Crippen LogP contribution is -2.34. The van der Waals surface area contributed by atoms with Crippen LogP contribution in [-0.2, 0) is 4.79 Å². The Balaban J connectivity index is 2.61. The summed E-state index contributed by atoms with van der Waals surface area (Å²) in [6, 6.07) is 8.19. The third kappa shape index (κ3) is 2.74. The van der Waals surface area contributed by atoms with E-state index >= 15 is 0 Å². The second-order valence-electron chi connectivity index (χ2n) is 2.47. The molecule has 0 heterocycles. The number of carbonyl (C=O) groups is 2. The normalized spacial score (nSPS) is 9.21. The van der Waals surface area contributed by atoms with Crippen molar-refractivity contribution in [3.8, 4) is 0 Å². The van der Waals surface area contributed by atoms with Crippen molar-refractivity contribution in [2.75, 3.05) is 11.0 Å². The van der Waals surface area contributed by atoms with E-state index in [1.807, 2.05) is 6.07 Å². The molecule has 0 aliphatic carbocycles. The molecule has 74 valence electrons. The van der Waals surface area contributed by atoms with Crippen LogP contribution < -0.4 is 9.74 Å². The average molecular weight is 213 g/mol. The fraction of sp³-hybridized carbons (Fsp3) is 0.111. The molecule has 4 nitrogen and oxygen atoms in total. The molecule has 1 N–H and O–H groups in total. The Bertz CT molecular complexity index is 316. The molecule has 1 aromatic carbocycles. The molecule has 0 aliphatic rings. The summed E-state index contributed by atoms with van der Waals surface area (Å²) in [5, 5.41) is 2.32. The van der Waals surface area contributed by atoms with Gasteiger partial charge in [0.05, 0.1) is 12.2 Å². The van der Waals surface area contributed by atoms with Crippen LogP contribution in [0, 0.1) is 0 Å². The standard InChI is InChI=1S/C9H9ClN2O2/c10-12(9(14)11-6-7-13)8-4-2-1-3-5-8/h1-5,7H,6H2,(H,11,14). The number of hydrogen-bond acceptors (Lipinski definition) is 2. The fourth-order valence-electron chi connectivity index (χ4n) is 0.875. The van der Waals surface area contributed by atoms with Crippen molar-refractivity contribution in [3.05, 3.63) is 30.3 Å². The lowest BCUT2D eigenvalue weighted by atomic mass is 10.3. The van der Waals surface area contributed by atoms with Gasteiger partial charge in [-0.2, -0.15) is 0 Å². The number of anilines is 1. The van der Waals surface area contributed by atoms with Crippen LogP contribution in [0.3, 0.4) is 0 Å². The van der Waals surface area contributed by atoms with Crippen molar-refractivity contribution >= 4 is 29.8 Å². The third-order valence-corrected chi connectivity index (χ3v) is 1.85. The SMILES string of the molecule is O=CCNC(=O)N(Cl)c1ccccc1. The van der Waals surface area contributed by atoms with Gasteiger partial charge in [-0.15, -0.1) is 0 Å². The van der Waals surface area contributed by atoms with E-state index in [0.29, 0.717) is 12.0 Å². The van der Waals surface area contributed by atoms with Crippen molar-refractivity contribution in [2.24, 2.45) is 0 Å². The molecule has 0 saturated carbocycles. The van der Waals surface area contributed by atoms with Gasteiger partial charge in [0.2, 0.25) is 0 Å². The van der Waals surface area contributed by atoms with Crippen LogP contribution in [0.2, 0.25) is 0 Å². The number of urea groups is 1. The summed E-state index contributed by atoms with van der Waals surface area (Å²) in [7, 11) is 0. The van der Waals surface area contributed by atoms with Gasteiger partial charge in [0.15, 0.2) is 0 Å². The van der Waals surface area contributed by atoms with E-state index in [9.17, 15) is 9.59 Å². The molecule has 0 fully saturated rings. The maximum absolute atomic E-state index is 11.2. The van der Waals surface area contributed by atoms with Gasteiger partial charge < -0.3 is 10.1 Å². The molecule has 0 atom stereocenters. The summed E-state index contributed by atoms with van der Waals surface area (Å²) in [6.45, 7) is -0.0467. The van der Waals surface area contributed by atoms with Crippen LogP contribution in [0.5, 0.6) is 0 Å². The van der Waals surface area contributed by atoms with Crippen molar-refractivity contribution < 1.29 is 9.59 Å². The van der Waals surface area contributed by atoms with Gasteiger partial charge in [0.25, 0.3) is 0 Å². The molecule has 0 saturated heterocycles. The minimum Gasteiger partial charge on any atom is -0.330 e. The molecular formula is C9H9ClN2O2. The highest BCUT2D eigenvalue weighted by Gasteiger charge is 2.11. The number of aldehydes is 1. The first-order valence-electron chi connectivity index (χ1n) is 3.98. The van der Waals surface area contributed by atoms with E-state index in [1.54, 1.807) is 24.3 Å². The first-order valence-corrected chi connectivity index (χ1v) is 4.32. The molecule has 2 amide bonds. The highest BCUT2D eigenvalue weighted by molar-refractivity contribution is 6.36. The third-order valence-electron chi connectivity index (χ3n) is 1.50. The molecule has 1 aromatic rings. The molecule has 14 heavy (non-hydrogen) atoms. The monoisotopic (exact) mass is 212 g/mol. The molecule has 5 heteroatoms. The predicted molar refractivity (Wildman–Crippen MR) is 54.2 cm³/mol. The number of rotatable bonds is 3. The predicted octanol–water partition coefficient (Wildman–Crippen LogP) is 1.56. The lowest BCUT2D eigenvalue weighted by molar-refractivity contribution is -0.107. The Morgan fingerprint density at radius 2 is 2.07 bits per heavy atom. The maximum atomic E-state index is 11.2. The first-order chi connectivity index (χ1) is 6.75. The Morgan fingerprint density at radius 3 is 2.64 bits per heavy atom. The summed E-state index contributed by atoms with van der Waals surface area (Å²) >= 11 is 5.70. The van der Waals surface area contributed by atoms with Crippen molar-refractivity contribution in [2.45, 2.75) is 0 Å². The lowest BCUT2D eigenvalue weighted by Gasteiger charge is -2.13. The zero-order chi connectivity index (χ0) is 10.4. The highest BCUT2D eigenvalue weighted by Crippen LogP contribution is 2.14. The number of nitrogens with zero attached hydrogens (tertiary/aromatic N) is 1. The topological polar surface area (TPSA) is 49.4 Å². The van der Waals surface area contributed by atoms with Crippen molar-refractivity contribution in [1.29, 1.82) is 0 Å². The van der Waals surface area contributed by atoms with E-state index in [2.05, 4.69) is 5.32 Å². The van der Waals surface area contributed by atoms with Gasteiger partial charge in [-0.25, -0.2) is 9.21 Å². The molecule has 0 aromatic heterocycles. The highest BCUT2D eigenvalue weighted by atomic mass is 35.5. The van der Waals surface area contributed by atoms with Crippen molar-refractivity contribution in [1.82, 2.24) is 5.32 Å². The second-order valence-corrected chi connectivity index (χ2v) is 2.81. The van der Waals surface area contributed by atoms with Crippen LogP contribution >= 0.6 is 11.8 Å². The minimum atomic E-state index is -0.523. The van der Waals surface area contributed by atoms with Crippen LogP contribution in [0.15, 0.2) is 30.3 Å². The first kappa shape index (κ1) is 10.5. The average Bonchev–Trinajstić information content (AvgIpc) is 2.26. The van der Waals surface area contributed by atoms with Crippen LogP contribution in [0.4, 0.5) is 10.5 Å². The van der Waals surface area contributed by atoms with Gasteiger partial charge in [0, 0.05) is 11.8 Å². The van der Waals surface area contributed by atoms with E-state index in [-0.39, 0.29) is 6.54 Å². The molecule has 0 unspecified atom stereocenters. The van der Waals surface area contributed by atoms with Crippen molar-refractivity contribution in [3.63, 3.8) is 0 Å². The van der Waals surface area contributed by atoms with Gasteiger partial charge in [-0.1, -0.05) is 18.2 Å². The number of benzene rings is 1. The van der Waals surface area contributed by atoms with Crippen LogP contribution in [0.1, 0.15) is 0 Å². The molecule has 0 aliphatic heterocycles. The Labute approximate surface area is 86.6 Å². The molecule has 1 rings (SSSR count). The molecule has 0 bridgehead atoms. The smallest absolute Gasteiger partial charge is 0.330 e. The van der Waals surface area contributed by atoms with Gasteiger partial charge in [0.1, 0.15) is 6.29 Å². The van der Waals surface area contributed by atoms with Crippen LogP contribution in [-0.4, -0.2) is 18.9 Å². The second kappa shape index (κ2) is 5.24. The summed E-state index contributed by atoms with van der Waals surface area (Å²) in [4.78, 5) is 21.2. The number of carbonyl (C=O) groups excluding carboxylic acids is 2. The number of hydrogen-bond donors (Lipinski definition) is 1. The van der Waals surface area contributed by atoms with E-state index < -0.39 is 6.03 Å². The van der Waals surface area contributed by atoms with Gasteiger partial charge >= 0.3 is 6.03 Å². The number of halogens is 1. The molecule has 0 spiro atoms. The number of para-hydroxylation sites is 1. The summed E-state index contributed by atoms with van der Waals surface area (Å²) < 4.78 is 0.920. The summed E-state index contributed by atoms with van der Waals surface area (Å²) in [5.41, 5.74) is 0.553. The zero-order valence-corrected chi connectivity index (χ0v) is 8.07. The Kier molecular flexibility index (Phi) is 3.94. The van der Waals surface area contributed by atoms with E-state index in [1.165, 1.54) is 0 Å². The number of nitrogens with one attached hydrogen (secondary N) is 1. The molecule has 0 radical (unpaired) electrons. The Hall–Kier alpha value is -1.55. The summed E-state index contributed by atoms with van der Waals surface area (Å²) in [6.07, 6.45) is 0.591. The largest absolute Gasteiger partial charge is 0.337 e. The van der Waals surface area contributed by atoms with Gasteiger partial charge in [-0.3, -0.25) is 0 Å².